The van der Waals surface area contributed by atoms with Gasteiger partial charge in [0.1, 0.15) is 0 Å². The zero-order valence-corrected chi connectivity index (χ0v) is 11.4. The van der Waals surface area contributed by atoms with Crippen LogP contribution in [-0.2, 0) is 4.79 Å². The smallest absolute Gasteiger partial charge is 0.237 e. The Hall–Kier alpha value is -2.81. The van der Waals surface area contributed by atoms with Crippen molar-refractivity contribution < 1.29 is 14.4 Å². The highest BCUT2D eigenvalue weighted by atomic mass is 16.2. The lowest BCUT2D eigenvalue weighted by Crippen LogP contribution is -2.29. The number of fused-ring (bicyclic) bond motifs is 1. The van der Waals surface area contributed by atoms with Gasteiger partial charge in [0.25, 0.3) is 0 Å². The van der Waals surface area contributed by atoms with Crippen molar-refractivity contribution in [2.45, 2.75) is 6.92 Å². The van der Waals surface area contributed by atoms with Gasteiger partial charge in [-0.05, 0) is 18.6 Å². The Kier molecular flexibility index (Phi) is 3.10. The molecule has 0 unspecified atom stereocenters. The zero-order chi connectivity index (χ0) is 15.0. The van der Waals surface area contributed by atoms with Crippen molar-refractivity contribution in [3.05, 3.63) is 76.4 Å². The minimum Gasteiger partial charge on any atom is -0.288 e. The Morgan fingerprint density at radius 2 is 1.29 bits per heavy atom. The van der Waals surface area contributed by atoms with Crippen molar-refractivity contribution in [1.82, 2.24) is 0 Å². The fourth-order valence-corrected chi connectivity index (χ4v) is 2.33. The summed E-state index contributed by atoms with van der Waals surface area (Å²) in [5.41, 5.74) is 2.22. The third-order valence-electron chi connectivity index (χ3n) is 3.50. The molecule has 0 saturated carbocycles. The molecule has 0 saturated heterocycles. The van der Waals surface area contributed by atoms with Crippen LogP contribution in [0, 0.1) is 6.92 Å². The highest BCUT2D eigenvalue weighted by Crippen LogP contribution is 2.24. The van der Waals surface area contributed by atoms with Gasteiger partial charge in [0, 0.05) is 11.1 Å². The Labute approximate surface area is 121 Å². The Morgan fingerprint density at radius 3 is 1.90 bits per heavy atom. The SMILES string of the molecule is Cc1ccc(/C=C2\C(=O)C(=O)c3ccccc3C2=O)cc1. The van der Waals surface area contributed by atoms with E-state index in [9.17, 15) is 14.4 Å². The first-order valence-corrected chi connectivity index (χ1v) is 6.59. The number of hydrogen-bond acceptors (Lipinski definition) is 3. The summed E-state index contributed by atoms with van der Waals surface area (Å²) in [7, 11) is 0. The molecule has 0 atom stereocenters. The van der Waals surface area contributed by atoms with E-state index in [0.717, 1.165) is 11.1 Å². The number of carbonyl (C=O) groups is 3. The maximum Gasteiger partial charge on any atom is 0.237 e. The van der Waals surface area contributed by atoms with E-state index < -0.39 is 17.3 Å². The summed E-state index contributed by atoms with van der Waals surface area (Å²) in [5.74, 6) is -1.75. The second-order valence-electron chi connectivity index (χ2n) is 5.00. The first-order chi connectivity index (χ1) is 10.1. The van der Waals surface area contributed by atoms with E-state index in [1.807, 2.05) is 31.2 Å². The third kappa shape index (κ3) is 2.23. The van der Waals surface area contributed by atoms with E-state index in [-0.39, 0.29) is 11.1 Å². The molecule has 3 heteroatoms. The molecule has 3 rings (SSSR count). The number of aryl methyl sites for hydroxylation is 1. The summed E-state index contributed by atoms with van der Waals surface area (Å²) < 4.78 is 0. The van der Waals surface area contributed by atoms with Gasteiger partial charge in [-0.1, -0.05) is 54.1 Å². The maximum absolute atomic E-state index is 12.4. The van der Waals surface area contributed by atoms with E-state index in [0.29, 0.717) is 5.56 Å². The van der Waals surface area contributed by atoms with Crippen LogP contribution in [0.4, 0.5) is 0 Å². The fraction of sp³-hybridized carbons (Fsp3) is 0.0556. The molecule has 0 radical (unpaired) electrons. The number of rotatable bonds is 1. The standard InChI is InChI=1S/C18H12O3/c1-11-6-8-12(9-7-11)10-15-16(19)13-4-2-3-5-14(13)17(20)18(15)21/h2-10H,1H3/b15-10-. The number of Topliss-reactive ketones (excluding diaryl/α,β-unsaturated/α-hetero) is 3. The van der Waals surface area contributed by atoms with Crippen LogP contribution in [0.5, 0.6) is 0 Å². The molecule has 1 aliphatic carbocycles. The molecule has 0 heterocycles. The molecule has 0 aliphatic heterocycles. The molecule has 3 nitrogen and oxygen atoms in total. The summed E-state index contributed by atoms with van der Waals surface area (Å²) in [4.78, 5) is 36.6. The first kappa shape index (κ1) is 13.2. The van der Waals surface area contributed by atoms with Crippen molar-refractivity contribution in [1.29, 1.82) is 0 Å². The van der Waals surface area contributed by atoms with Gasteiger partial charge in [-0.3, -0.25) is 14.4 Å². The molecule has 21 heavy (non-hydrogen) atoms. The number of allylic oxidation sites excluding steroid dienone is 1. The topological polar surface area (TPSA) is 51.2 Å². The molecule has 0 aromatic heterocycles. The largest absolute Gasteiger partial charge is 0.288 e. The van der Waals surface area contributed by atoms with Crippen LogP contribution in [0.3, 0.4) is 0 Å². The van der Waals surface area contributed by atoms with Crippen molar-refractivity contribution in [2.24, 2.45) is 0 Å². The van der Waals surface area contributed by atoms with Crippen molar-refractivity contribution in [3.8, 4) is 0 Å². The summed E-state index contributed by atoms with van der Waals surface area (Å²) in [6, 6.07) is 13.8. The molecule has 1 aliphatic rings. The maximum atomic E-state index is 12.4. The third-order valence-corrected chi connectivity index (χ3v) is 3.50. The van der Waals surface area contributed by atoms with E-state index in [1.54, 1.807) is 18.2 Å². The summed E-state index contributed by atoms with van der Waals surface area (Å²) in [5, 5.41) is 0. The highest BCUT2D eigenvalue weighted by molar-refractivity contribution is 6.60. The van der Waals surface area contributed by atoms with Gasteiger partial charge in [-0.2, -0.15) is 0 Å². The second kappa shape index (κ2) is 4.94. The van der Waals surface area contributed by atoms with Gasteiger partial charge in [-0.25, -0.2) is 0 Å². The first-order valence-electron chi connectivity index (χ1n) is 6.59. The Morgan fingerprint density at radius 1 is 0.714 bits per heavy atom. The van der Waals surface area contributed by atoms with Crippen molar-refractivity contribution in [3.63, 3.8) is 0 Å². The monoisotopic (exact) mass is 276 g/mol. The van der Waals surface area contributed by atoms with E-state index in [1.165, 1.54) is 12.1 Å². The van der Waals surface area contributed by atoms with Crippen LogP contribution < -0.4 is 0 Å². The van der Waals surface area contributed by atoms with Crippen LogP contribution >= 0.6 is 0 Å². The predicted octanol–water partition coefficient (Wildman–Crippen LogP) is 3.03. The number of ketones is 3. The lowest BCUT2D eigenvalue weighted by molar-refractivity contribution is -0.111. The minimum atomic E-state index is -0.737. The molecule has 0 amide bonds. The quantitative estimate of drug-likeness (QED) is 0.457. The lowest BCUT2D eigenvalue weighted by atomic mass is 9.84. The van der Waals surface area contributed by atoms with Crippen LogP contribution in [-0.4, -0.2) is 17.3 Å². The fourth-order valence-electron chi connectivity index (χ4n) is 2.33. The van der Waals surface area contributed by atoms with Crippen LogP contribution in [0.1, 0.15) is 31.8 Å². The van der Waals surface area contributed by atoms with Crippen LogP contribution in [0.15, 0.2) is 54.1 Å². The number of carbonyl (C=O) groups excluding carboxylic acids is 3. The highest BCUT2D eigenvalue weighted by Gasteiger charge is 2.35. The van der Waals surface area contributed by atoms with Gasteiger partial charge in [0.15, 0.2) is 5.78 Å². The molecule has 0 spiro atoms. The van der Waals surface area contributed by atoms with E-state index in [4.69, 9.17) is 0 Å². The van der Waals surface area contributed by atoms with Gasteiger partial charge < -0.3 is 0 Å². The average molecular weight is 276 g/mol. The molecular weight excluding hydrogens is 264 g/mol. The number of benzene rings is 2. The van der Waals surface area contributed by atoms with E-state index >= 15 is 0 Å². The zero-order valence-electron chi connectivity index (χ0n) is 11.4. The van der Waals surface area contributed by atoms with E-state index in [2.05, 4.69) is 0 Å². The molecule has 102 valence electrons. The molecule has 2 aromatic carbocycles. The molecule has 0 bridgehead atoms. The molecule has 0 fully saturated rings. The summed E-state index contributed by atoms with van der Waals surface area (Å²) >= 11 is 0. The van der Waals surface area contributed by atoms with Crippen LogP contribution in [0.2, 0.25) is 0 Å². The lowest BCUT2D eigenvalue weighted by Gasteiger charge is -2.15. The minimum absolute atomic E-state index is 0.0671. The summed E-state index contributed by atoms with van der Waals surface area (Å²) in [6.45, 7) is 1.95. The van der Waals surface area contributed by atoms with Crippen molar-refractivity contribution in [2.75, 3.05) is 0 Å². The predicted molar refractivity (Wildman–Crippen MR) is 79.3 cm³/mol. The van der Waals surface area contributed by atoms with Gasteiger partial charge in [0.05, 0.1) is 5.57 Å². The summed E-state index contributed by atoms with van der Waals surface area (Å²) in [6.07, 6.45) is 1.48. The molecular formula is C18H12O3. The average Bonchev–Trinajstić information content (AvgIpc) is 2.51. The molecule has 0 N–H and O–H groups in total. The number of hydrogen-bond donors (Lipinski definition) is 0. The normalized spacial score (nSPS) is 16.2. The van der Waals surface area contributed by atoms with Gasteiger partial charge >= 0.3 is 0 Å². The van der Waals surface area contributed by atoms with Crippen molar-refractivity contribution >= 4 is 23.4 Å². The van der Waals surface area contributed by atoms with Gasteiger partial charge in [-0.15, -0.1) is 0 Å². The van der Waals surface area contributed by atoms with Gasteiger partial charge in [0.2, 0.25) is 11.6 Å². The Balaban J connectivity index is 2.12. The second-order valence-corrected chi connectivity index (χ2v) is 5.00. The Bertz CT molecular complexity index is 795. The van der Waals surface area contributed by atoms with Crippen LogP contribution in [0.25, 0.3) is 6.08 Å². The molecule has 2 aromatic rings.